The van der Waals surface area contributed by atoms with Gasteiger partial charge in [-0.1, -0.05) is 0 Å². The van der Waals surface area contributed by atoms with E-state index in [1.165, 1.54) is 19.3 Å². The number of halogens is 1. The first kappa shape index (κ1) is 7.53. The Morgan fingerprint density at radius 2 is 1.54 bits per heavy atom. The molecule has 3 unspecified atom stereocenters. The first-order valence-electron chi connectivity index (χ1n) is 5.60. The zero-order valence-corrected chi connectivity index (χ0v) is 8.41. The van der Waals surface area contributed by atoms with Crippen molar-refractivity contribution in [3.05, 3.63) is 0 Å². The molecule has 4 fully saturated rings. The third kappa shape index (κ3) is 0.794. The van der Waals surface area contributed by atoms with E-state index in [2.05, 4.69) is 0 Å². The van der Waals surface area contributed by atoms with Crippen LogP contribution in [-0.2, 0) is 4.74 Å². The molecule has 0 N–H and O–H groups in total. The van der Waals surface area contributed by atoms with E-state index in [4.69, 9.17) is 16.3 Å². The Bertz CT molecular complexity index is 232. The summed E-state index contributed by atoms with van der Waals surface area (Å²) in [5.74, 6) is 5.60. The Labute approximate surface area is 83.8 Å². The van der Waals surface area contributed by atoms with Crippen LogP contribution in [0.25, 0.3) is 0 Å². The van der Waals surface area contributed by atoms with Crippen molar-refractivity contribution in [3.63, 3.8) is 0 Å². The van der Waals surface area contributed by atoms with Gasteiger partial charge in [0.2, 0.25) is 0 Å². The van der Waals surface area contributed by atoms with E-state index in [-0.39, 0.29) is 0 Å². The van der Waals surface area contributed by atoms with Crippen molar-refractivity contribution in [3.8, 4) is 0 Å². The maximum absolute atomic E-state index is 5.95. The molecule has 4 rings (SSSR count). The van der Waals surface area contributed by atoms with Gasteiger partial charge in [-0.3, -0.25) is 0 Å². The fourth-order valence-electron chi connectivity index (χ4n) is 4.57. The van der Waals surface area contributed by atoms with Crippen LogP contribution in [0, 0.1) is 29.6 Å². The van der Waals surface area contributed by atoms with E-state index < -0.39 is 0 Å². The van der Waals surface area contributed by atoms with Crippen molar-refractivity contribution < 1.29 is 4.74 Å². The van der Waals surface area contributed by atoms with Crippen molar-refractivity contribution in [2.45, 2.75) is 31.5 Å². The van der Waals surface area contributed by atoms with Gasteiger partial charge in [0.25, 0.3) is 0 Å². The topological polar surface area (TPSA) is 12.5 Å². The third-order valence-electron chi connectivity index (χ3n) is 5.03. The van der Waals surface area contributed by atoms with Crippen LogP contribution >= 0.6 is 11.6 Å². The van der Waals surface area contributed by atoms with Crippen molar-refractivity contribution in [2.75, 3.05) is 5.88 Å². The predicted molar refractivity (Wildman–Crippen MR) is 50.7 cm³/mol. The van der Waals surface area contributed by atoms with Crippen molar-refractivity contribution in [1.29, 1.82) is 0 Å². The van der Waals surface area contributed by atoms with Gasteiger partial charge in [0.15, 0.2) is 0 Å². The molecule has 72 valence electrons. The minimum Gasteiger partial charge on any atom is -0.369 e. The number of fused-ring (bicyclic) bond motifs is 8. The quantitative estimate of drug-likeness (QED) is 0.465. The lowest BCUT2D eigenvalue weighted by Gasteiger charge is -2.20. The Balaban J connectivity index is 1.63. The highest BCUT2D eigenvalue weighted by Crippen LogP contribution is 2.66. The summed E-state index contributed by atoms with van der Waals surface area (Å²) in [6.07, 6.45) is 5.68. The van der Waals surface area contributed by atoms with Crippen LogP contribution in [0.3, 0.4) is 0 Å². The second kappa shape index (κ2) is 2.25. The molecule has 0 radical (unpaired) electrons. The molecule has 1 aliphatic heterocycles. The summed E-state index contributed by atoms with van der Waals surface area (Å²) in [5.41, 5.74) is 0. The Hall–Kier alpha value is 0.250. The molecular weight excluding hydrogens is 184 g/mol. The molecule has 3 saturated carbocycles. The number of hydrogen-bond acceptors (Lipinski definition) is 1. The molecule has 0 aromatic heterocycles. The smallest absolute Gasteiger partial charge is 0.0875 e. The molecule has 4 aliphatic rings. The monoisotopic (exact) mass is 198 g/mol. The third-order valence-corrected chi connectivity index (χ3v) is 5.47. The summed E-state index contributed by atoms with van der Waals surface area (Å²) in [6, 6.07) is 0. The second-order valence-corrected chi connectivity index (χ2v) is 5.76. The van der Waals surface area contributed by atoms with Gasteiger partial charge in [0.1, 0.15) is 0 Å². The van der Waals surface area contributed by atoms with E-state index >= 15 is 0 Å². The summed E-state index contributed by atoms with van der Waals surface area (Å²) in [7, 11) is 0. The van der Waals surface area contributed by atoms with Gasteiger partial charge < -0.3 is 4.74 Å². The maximum Gasteiger partial charge on any atom is 0.0875 e. The summed E-state index contributed by atoms with van der Waals surface area (Å²) < 4.78 is 5.71. The Morgan fingerprint density at radius 1 is 0.923 bits per heavy atom. The number of hydrogen-bond donors (Lipinski definition) is 0. The van der Waals surface area contributed by atoms with Gasteiger partial charge in [-0.05, 0) is 48.9 Å². The SMILES string of the molecule is ClCC1C[C@@H]2[C@H](C1)[C@H]1C[C@@H]2C2OC21. The summed E-state index contributed by atoms with van der Waals surface area (Å²) in [5, 5.41) is 0. The van der Waals surface area contributed by atoms with Gasteiger partial charge in [-0.2, -0.15) is 0 Å². The fraction of sp³-hybridized carbons (Fsp3) is 1.00. The number of rotatable bonds is 1. The molecule has 0 spiro atoms. The van der Waals surface area contributed by atoms with E-state index in [1.54, 1.807) is 0 Å². The molecule has 1 heterocycles. The van der Waals surface area contributed by atoms with E-state index in [0.717, 1.165) is 35.5 Å². The fourth-order valence-corrected chi connectivity index (χ4v) is 4.82. The summed E-state index contributed by atoms with van der Waals surface area (Å²) >= 11 is 5.95. The molecule has 1 nitrogen and oxygen atoms in total. The van der Waals surface area contributed by atoms with Gasteiger partial charge in [0.05, 0.1) is 12.2 Å². The van der Waals surface area contributed by atoms with Gasteiger partial charge >= 0.3 is 0 Å². The van der Waals surface area contributed by atoms with Crippen molar-refractivity contribution in [2.24, 2.45) is 29.6 Å². The maximum atomic E-state index is 5.95. The predicted octanol–water partition coefficient (Wildman–Crippen LogP) is 2.28. The normalized spacial score (nSPS) is 66.7. The molecule has 2 bridgehead atoms. The lowest BCUT2D eigenvalue weighted by Crippen LogP contribution is -2.22. The number of epoxide rings is 1. The summed E-state index contributed by atoms with van der Waals surface area (Å²) in [6.45, 7) is 0. The van der Waals surface area contributed by atoms with Crippen LogP contribution in [0.15, 0.2) is 0 Å². The minimum absolute atomic E-state index is 0.695. The van der Waals surface area contributed by atoms with Crippen molar-refractivity contribution in [1.82, 2.24) is 0 Å². The zero-order chi connectivity index (χ0) is 8.58. The standard InChI is InChI=1S/C11H15ClO/c12-4-5-1-6-7(2-5)9-3-8(6)10-11(9)13-10/h5-11H,1-4H2/t5?,6-,7+,8+,9-,10?,11?. The van der Waals surface area contributed by atoms with E-state index in [0.29, 0.717) is 12.2 Å². The Kier molecular flexibility index (Phi) is 1.30. The molecule has 0 aromatic rings. The van der Waals surface area contributed by atoms with E-state index in [9.17, 15) is 0 Å². The molecule has 0 aromatic carbocycles. The molecule has 0 amide bonds. The minimum atomic E-state index is 0.695. The van der Waals surface area contributed by atoms with E-state index in [1.807, 2.05) is 0 Å². The lowest BCUT2D eigenvalue weighted by molar-refractivity contribution is 0.238. The lowest BCUT2D eigenvalue weighted by atomic mass is 9.82. The van der Waals surface area contributed by atoms with Gasteiger partial charge in [0, 0.05) is 5.88 Å². The van der Waals surface area contributed by atoms with Crippen LogP contribution in [0.4, 0.5) is 0 Å². The average Bonchev–Trinajstić information content (AvgIpc) is 2.59. The summed E-state index contributed by atoms with van der Waals surface area (Å²) in [4.78, 5) is 0. The molecule has 2 heteroatoms. The molecular formula is C11H15ClO. The highest BCUT2D eigenvalue weighted by atomic mass is 35.5. The first-order chi connectivity index (χ1) is 6.38. The van der Waals surface area contributed by atoms with Crippen LogP contribution in [0.2, 0.25) is 0 Å². The van der Waals surface area contributed by atoms with Gasteiger partial charge in [-0.15, -0.1) is 11.6 Å². The Morgan fingerprint density at radius 3 is 2.08 bits per heavy atom. The van der Waals surface area contributed by atoms with Crippen LogP contribution in [-0.4, -0.2) is 18.1 Å². The average molecular weight is 199 g/mol. The number of alkyl halides is 1. The van der Waals surface area contributed by atoms with Gasteiger partial charge in [-0.25, -0.2) is 0 Å². The largest absolute Gasteiger partial charge is 0.369 e. The first-order valence-corrected chi connectivity index (χ1v) is 6.13. The molecule has 13 heavy (non-hydrogen) atoms. The zero-order valence-electron chi connectivity index (χ0n) is 7.66. The second-order valence-electron chi connectivity index (χ2n) is 5.45. The molecule has 7 atom stereocenters. The van der Waals surface area contributed by atoms with Crippen LogP contribution in [0.5, 0.6) is 0 Å². The molecule has 1 saturated heterocycles. The van der Waals surface area contributed by atoms with Crippen molar-refractivity contribution >= 4 is 11.6 Å². The van der Waals surface area contributed by atoms with Crippen LogP contribution in [0.1, 0.15) is 19.3 Å². The molecule has 3 aliphatic carbocycles. The highest BCUT2D eigenvalue weighted by Gasteiger charge is 2.68. The van der Waals surface area contributed by atoms with Crippen LogP contribution < -0.4 is 0 Å². The highest BCUT2D eigenvalue weighted by molar-refractivity contribution is 6.18. The number of ether oxygens (including phenoxy) is 1.